The fraction of sp³-hybridized carbons (Fsp3) is 0.348. The van der Waals surface area contributed by atoms with Crippen LogP contribution in [0.5, 0.6) is 0 Å². The van der Waals surface area contributed by atoms with Gasteiger partial charge >= 0.3 is 12.1 Å². The minimum Gasteiger partial charge on any atom is -0.459 e. The number of carbonyl (C=O) groups is 3. The number of ether oxygens (including phenoxy) is 2. The molecule has 2 aromatic rings. The molecule has 0 saturated carbocycles. The molecule has 0 spiro atoms. The van der Waals surface area contributed by atoms with Crippen molar-refractivity contribution < 1.29 is 23.9 Å². The zero-order valence-corrected chi connectivity index (χ0v) is 17.5. The molecule has 2 aromatic carbocycles. The molecule has 30 heavy (non-hydrogen) atoms. The molecule has 7 nitrogen and oxygen atoms in total. The third kappa shape index (κ3) is 7.58. The molecule has 0 fully saturated rings. The Balaban J connectivity index is 1.82. The van der Waals surface area contributed by atoms with Gasteiger partial charge in [0, 0.05) is 0 Å². The minimum absolute atomic E-state index is 0.0987. The van der Waals surface area contributed by atoms with Gasteiger partial charge < -0.3 is 20.1 Å². The average Bonchev–Trinajstić information content (AvgIpc) is 2.75. The van der Waals surface area contributed by atoms with Crippen molar-refractivity contribution in [2.24, 2.45) is 5.92 Å². The van der Waals surface area contributed by atoms with Crippen molar-refractivity contribution in [3.63, 3.8) is 0 Å². The predicted molar refractivity (Wildman–Crippen MR) is 112 cm³/mol. The number of esters is 1. The fourth-order valence-electron chi connectivity index (χ4n) is 2.60. The van der Waals surface area contributed by atoms with E-state index in [1.165, 1.54) is 6.92 Å². The molecule has 0 aliphatic heterocycles. The van der Waals surface area contributed by atoms with Gasteiger partial charge in [-0.3, -0.25) is 4.79 Å². The van der Waals surface area contributed by atoms with Gasteiger partial charge in [0.1, 0.15) is 25.3 Å². The van der Waals surface area contributed by atoms with E-state index in [1.54, 1.807) is 13.8 Å². The van der Waals surface area contributed by atoms with Crippen LogP contribution in [0.1, 0.15) is 31.9 Å². The summed E-state index contributed by atoms with van der Waals surface area (Å²) in [5.74, 6) is -1.21. The molecule has 2 rings (SSSR count). The maximum absolute atomic E-state index is 12.5. The lowest BCUT2D eigenvalue weighted by Gasteiger charge is -2.23. The van der Waals surface area contributed by atoms with E-state index in [4.69, 9.17) is 9.47 Å². The quantitative estimate of drug-likeness (QED) is 0.617. The maximum Gasteiger partial charge on any atom is 0.408 e. The number of hydrogen-bond acceptors (Lipinski definition) is 5. The van der Waals surface area contributed by atoms with E-state index in [-0.39, 0.29) is 19.1 Å². The van der Waals surface area contributed by atoms with Crippen molar-refractivity contribution in [3.8, 4) is 0 Å². The molecule has 0 saturated heterocycles. The van der Waals surface area contributed by atoms with E-state index in [0.29, 0.717) is 0 Å². The lowest BCUT2D eigenvalue weighted by atomic mass is 10.0. The van der Waals surface area contributed by atoms with Crippen LogP contribution >= 0.6 is 0 Å². The monoisotopic (exact) mass is 412 g/mol. The first-order chi connectivity index (χ1) is 14.4. The zero-order valence-electron chi connectivity index (χ0n) is 17.5. The Morgan fingerprint density at radius 2 is 1.27 bits per heavy atom. The fourth-order valence-corrected chi connectivity index (χ4v) is 2.60. The highest BCUT2D eigenvalue weighted by molar-refractivity contribution is 5.89. The van der Waals surface area contributed by atoms with Gasteiger partial charge in [0.2, 0.25) is 5.91 Å². The van der Waals surface area contributed by atoms with Crippen LogP contribution in [0.15, 0.2) is 60.7 Å². The molecule has 7 heteroatoms. The molecule has 0 radical (unpaired) electrons. The summed E-state index contributed by atoms with van der Waals surface area (Å²) in [4.78, 5) is 36.8. The maximum atomic E-state index is 12.5. The smallest absolute Gasteiger partial charge is 0.408 e. The van der Waals surface area contributed by atoms with Crippen LogP contribution in [0.25, 0.3) is 0 Å². The molecule has 0 aliphatic carbocycles. The number of hydrogen-bond donors (Lipinski definition) is 2. The molecule has 0 heterocycles. The van der Waals surface area contributed by atoms with Crippen molar-refractivity contribution >= 4 is 18.0 Å². The van der Waals surface area contributed by atoms with Gasteiger partial charge in [-0.05, 0) is 24.0 Å². The van der Waals surface area contributed by atoms with Crippen LogP contribution in [-0.4, -0.2) is 30.1 Å². The second-order valence-electron chi connectivity index (χ2n) is 7.25. The molecule has 0 aliphatic rings. The van der Waals surface area contributed by atoms with Crippen molar-refractivity contribution in [1.82, 2.24) is 10.6 Å². The third-order valence-corrected chi connectivity index (χ3v) is 4.38. The second-order valence-corrected chi connectivity index (χ2v) is 7.25. The van der Waals surface area contributed by atoms with Crippen LogP contribution in [0, 0.1) is 5.92 Å². The summed E-state index contributed by atoms with van der Waals surface area (Å²) in [6, 6.07) is 16.8. The van der Waals surface area contributed by atoms with Gasteiger partial charge in [0.15, 0.2) is 0 Å². The first-order valence-electron chi connectivity index (χ1n) is 9.85. The summed E-state index contributed by atoms with van der Waals surface area (Å²) in [6.45, 7) is 5.35. The summed E-state index contributed by atoms with van der Waals surface area (Å²) >= 11 is 0. The normalized spacial score (nSPS) is 12.5. The molecular formula is C23H28N2O5. The van der Waals surface area contributed by atoms with Gasteiger partial charge in [0.05, 0.1) is 0 Å². The van der Waals surface area contributed by atoms with E-state index in [1.807, 2.05) is 60.7 Å². The lowest BCUT2D eigenvalue weighted by molar-refractivity contribution is -0.150. The SMILES string of the molecule is CC(C)[C@@H](NC(=O)[C@H](C)NC(=O)OCc1ccccc1)C(=O)OCc1ccccc1. The van der Waals surface area contributed by atoms with Crippen molar-refractivity contribution in [2.45, 2.75) is 46.1 Å². The van der Waals surface area contributed by atoms with E-state index in [2.05, 4.69) is 10.6 Å². The Labute approximate surface area is 176 Å². The summed E-state index contributed by atoms with van der Waals surface area (Å²) in [6.07, 6.45) is -0.714. The van der Waals surface area contributed by atoms with E-state index in [0.717, 1.165) is 11.1 Å². The van der Waals surface area contributed by atoms with Crippen molar-refractivity contribution in [3.05, 3.63) is 71.8 Å². The predicted octanol–water partition coefficient (Wildman–Crippen LogP) is 3.19. The standard InChI is InChI=1S/C23H28N2O5/c1-16(2)20(22(27)29-14-18-10-6-4-7-11-18)25-21(26)17(3)24-23(28)30-15-19-12-8-5-9-13-19/h4-13,16-17,20H,14-15H2,1-3H3,(H,24,28)(H,25,26)/t17-,20+/m0/s1. The number of rotatable bonds is 9. The first kappa shape index (κ1) is 22.9. The van der Waals surface area contributed by atoms with Gasteiger partial charge in [-0.25, -0.2) is 9.59 Å². The topological polar surface area (TPSA) is 93.7 Å². The van der Waals surface area contributed by atoms with Gasteiger partial charge in [-0.1, -0.05) is 74.5 Å². The summed E-state index contributed by atoms with van der Waals surface area (Å²) < 4.78 is 10.4. The van der Waals surface area contributed by atoms with E-state index >= 15 is 0 Å². The van der Waals surface area contributed by atoms with Gasteiger partial charge in [-0.2, -0.15) is 0 Å². The Morgan fingerprint density at radius 3 is 1.77 bits per heavy atom. The van der Waals surface area contributed by atoms with E-state index in [9.17, 15) is 14.4 Å². The first-order valence-corrected chi connectivity index (χ1v) is 9.85. The summed E-state index contributed by atoms with van der Waals surface area (Å²) in [5, 5.41) is 5.11. The number of carbonyl (C=O) groups excluding carboxylic acids is 3. The molecule has 2 atom stereocenters. The highest BCUT2D eigenvalue weighted by Crippen LogP contribution is 2.08. The largest absolute Gasteiger partial charge is 0.459 e. The van der Waals surface area contributed by atoms with Gasteiger partial charge in [0.25, 0.3) is 0 Å². The summed E-state index contributed by atoms with van der Waals surface area (Å²) in [7, 11) is 0. The van der Waals surface area contributed by atoms with Crippen molar-refractivity contribution in [2.75, 3.05) is 0 Å². The highest BCUT2D eigenvalue weighted by Gasteiger charge is 2.28. The Kier molecular flexibility index (Phi) is 8.87. The summed E-state index contributed by atoms with van der Waals surface area (Å²) in [5.41, 5.74) is 1.70. The number of alkyl carbamates (subject to hydrolysis) is 1. The molecule has 2 N–H and O–H groups in total. The van der Waals surface area contributed by atoms with E-state index < -0.39 is 30.1 Å². The highest BCUT2D eigenvalue weighted by atomic mass is 16.5. The molecule has 0 aromatic heterocycles. The Hall–Kier alpha value is -3.35. The van der Waals surface area contributed by atoms with Crippen LogP contribution in [-0.2, 0) is 32.3 Å². The number of benzene rings is 2. The van der Waals surface area contributed by atoms with Crippen LogP contribution < -0.4 is 10.6 Å². The Bertz CT molecular complexity index is 824. The third-order valence-electron chi connectivity index (χ3n) is 4.38. The molecule has 2 amide bonds. The molecule has 0 bridgehead atoms. The Morgan fingerprint density at radius 1 is 0.767 bits per heavy atom. The molecule has 160 valence electrons. The van der Waals surface area contributed by atoms with Gasteiger partial charge in [-0.15, -0.1) is 0 Å². The number of amides is 2. The lowest BCUT2D eigenvalue weighted by Crippen LogP contribution is -2.52. The van der Waals surface area contributed by atoms with Crippen LogP contribution in [0.2, 0.25) is 0 Å². The molecule has 0 unspecified atom stereocenters. The van der Waals surface area contributed by atoms with Crippen LogP contribution in [0.4, 0.5) is 4.79 Å². The number of nitrogens with one attached hydrogen (secondary N) is 2. The zero-order chi connectivity index (χ0) is 21.9. The van der Waals surface area contributed by atoms with Crippen molar-refractivity contribution in [1.29, 1.82) is 0 Å². The van der Waals surface area contributed by atoms with Crippen LogP contribution in [0.3, 0.4) is 0 Å². The minimum atomic E-state index is -0.878. The average molecular weight is 412 g/mol. The second kappa shape index (κ2) is 11.6. The molecular weight excluding hydrogens is 384 g/mol.